The topological polar surface area (TPSA) is 108 Å². The Morgan fingerprint density at radius 3 is 2.59 bits per heavy atom. The van der Waals surface area contributed by atoms with E-state index >= 15 is 0 Å². The van der Waals surface area contributed by atoms with Crippen molar-refractivity contribution in [3.63, 3.8) is 0 Å². The second kappa shape index (κ2) is 9.65. The minimum atomic E-state index is -0.534. The number of ether oxygens (including phenoxy) is 1. The number of carbonyl (C=O) groups excluding carboxylic acids is 2. The highest BCUT2D eigenvalue weighted by Gasteiger charge is 2.22. The van der Waals surface area contributed by atoms with Gasteiger partial charge in [0.25, 0.3) is 11.5 Å². The molecule has 0 saturated carbocycles. The lowest BCUT2D eigenvalue weighted by atomic mass is 10.2. The molecule has 4 rings (SSSR count). The summed E-state index contributed by atoms with van der Waals surface area (Å²) < 4.78 is 5.20. The molecule has 2 N–H and O–H groups in total. The third kappa shape index (κ3) is 4.97. The van der Waals surface area contributed by atoms with Gasteiger partial charge in [-0.05, 0) is 36.4 Å². The molecule has 0 bridgehead atoms. The van der Waals surface area contributed by atoms with Crippen molar-refractivity contribution in [3.05, 3.63) is 69.6 Å². The number of rotatable bonds is 6. The number of carbonyl (C=O) groups is 2. The number of nitrogens with zero attached hydrogens (tertiary/aromatic N) is 3. The predicted molar refractivity (Wildman–Crippen MR) is 123 cm³/mol. The average Bonchev–Trinajstić information content (AvgIpc) is 3.26. The molecular formula is C22H23N5O4S. The number of amides is 2. The fourth-order valence-corrected chi connectivity index (χ4v) is 4.19. The summed E-state index contributed by atoms with van der Waals surface area (Å²) >= 11 is 1.22. The standard InChI is InChI=1S/C22H23N5O4S/c1-31-17-6-4-16(5-7-17)26-9-11-27(12-10-26)19(28)13-15-14-32-22(24-15)25-21(30)18-3-2-8-23-20(18)29/h2-8,14H,9-13H2,1H3,(H,23,29)(H,24,25,30). The van der Waals surface area contributed by atoms with Crippen LogP contribution in [0.15, 0.2) is 52.8 Å². The van der Waals surface area contributed by atoms with Crippen molar-refractivity contribution in [1.82, 2.24) is 14.9 Å². The van der Waals surface area contributed by atoms with Gasteiger partial charge in [0.15, 0.2) is 5.13 Å². The number of nitrogens with one attached hydrogen (secondary N) is 2. The maximum Gasteiger partial charge on any atom is 0.263 e. The molecule has 0 aliphatic carbocycles. The number of hydrogen-bond acceptors (Lipinski definition) is 7. The predicted octanol–water partition coefficient (Wildman–Crippen LogP) is 1.98. The van der Waals surface area contributed by atoms with Gasteiger partial charge < -0.3 is 19.5 Å². The zero-order chi connectivity index (χ0) is 22.5. The SMILES string of the molecule is COc1ccc(N2CCN(C(=O)Cc3csc(NC(=O)c4ccc[nH]c4=O)n3)CC2)cc1. The normalized spacial score (nSPS) is 13.7. The van der Waals surface area contributed by atoms with Gasteiger partial charge in [0.2, 0.25) is 5.91 Å². The largest absolute Gasteiger partial charge is 0.497 e. The van der Waals surface area contributed by atoms with E-state index in [9.17, 15) is 14.4 Å². The van der Waals surface area contributed by atoms with Gasteiger partial charge >= 0.3 is 0 Å². The van der Waals surface area contributed by atoms with Crippen molar-refractivity contribution in [1.29, 1.82) is 0 Å². The van der Waals surface area contributed by atoms with Crippen LogP contribution < -0.4 is 20.5 Å². The molecule has 1 aliphatic heterocycles. The Kier molecular flexibility index (Phi) is 6.50. The van der Waals surface area contributed by atoms with Crippen molar-refractivity contribution in [2.24, 2.45) is 0 Å². The monoisotopic (exact) mass is 453 g/mol. The van der Waals surface area contributed by atoms with Crippen LogP contribution in [0.3, 0.4) is 0 Å². The number of pyridine rings is 1. The van der Waals surface area contributed by atoms with Crippen LogP contribution in [0.1, 0.15) is 16.1 Å². The van der Waals surface area contributed by atoms with Crippen molar-refractivity contribution in [2.75, 3.05) is 43.5 Å². The minimum Gasteiger partial charge on any atom is -0.497 e. The molecule has 1 fully saturated rings. The van der Waals surface area contributed by atoms with Gasteiger partial charge in [-0.1, -0.05) is 0 Å². The highest BCUT2D eigenvalue weighted by molar-refractivity contribution is 7.14. The number of methoxy groups -OCH3 is 1. The second-order valence-corrected chi connectivity index (χ2v) is 8.11. The van der Waals surface area contributed by atoms with Crippen molar-refractivity contribution >= 4 is 34.0 Å². The molecule has 2 amide bonds. The molecule has 2 aromatic heterocycles. The van der Waals surface area contributed by atoms with Crippen LogP contribution in [0, 0.1) is 0 Å². The van der Waals surface area contributed by atoms with Crippen molar-refractivity contribution < 1.29 is 14.3 Å². The van der Waals surface area contributed by atoms with Gasteiger partial charge in [-0.15, -0.1) is 11.3 Å². The number of H-pyrrole nitrogens is 1. The summed E-state index contributed by atoms with van der Waals surface area (Å²) in [5.41, 5.74) is 1.24. The average molecular weight is 454 g/mol. The van der Waals surface area contributed by atoms with Crippen molar-refractivity contribution in [2.45, 2.75) is 6.42 Å². The third-order valence-corrected chi connectivity index (χ3v) is 6.04. The Morgan fingerprint density at radius 1 is 1.16 bits per heavy atom. The summed E-state index contributed by atoms with van der Waals surface area (Å²) in [6.07, 6.45) is 1.63. The van der Waals surface area contributed by atoms with Crippen molar-refractivity contribution in [3.8, 4) is 5.75 Å². The molecule has 32 heavy (non-hydrogen) atoms. The third-order valence-electron chi connectivity index (χ3n) is 5.24. The van der Waals surface area contributed by atoms with Crippen LogP contribution in [-0.4, -0.2) is 60.0 Å². The fraction of sp³-hybridized carbons (Fsp3) is 0.273. The molecule has 0 atom stereocenters. The lowest BCUT2D eigenvalue weighted by molar-refractivity contribution is -0.130. The fourth-order valence-electron chi connectivity index (χ4n) is 3.48. The lowest BCUT2D eigenvalue weighted by Crippen LogP contribution is -2.49. The molecule has 166 valence electrons. The Morgan fingerprint density at radius 2 is 1.91 bits per heavy atom. The Balaban J connectivity index is 1.29. The first-order valence-electron chi connectivity index (χ1n) is 10.1. The summed E-state index contributed by atoms with van der Waals surface area (Å²) in [5, 5.41) is 4.71. The van der Waals surface area contributed by atoms with Crippen LogP contribution in [0.2, 0.25) is 0 Å². The van der Waals surface area contributed by atoms with Gasteiger partial charge in [-0.2, -0.15) is 0 Å². The second-order valence-electron chi connectivity index (χ2n) is 7.25. The first kappa shape index (κ1) is 21.6. The molecule has 3 aromatic rings. The number of aromatic amines is 1. The summed E-state index contributed by atoms with van der Waals surface area (Å²) in [5.74, 6) is 0.285. The highest BCUT2D eigenvalue weighted by Crippen LogP contribution is 2.21. The molecule has 1 aromatic carbocycles. The molecule has 1 saturated heterocycles. The van der Waals surface area contributed by atoms with Crippen LogP contribution in [-0.2, 0) is 11.2 Å². The smallest absolute Gasteiger partial charge is 0.263 e. The van der Waals surface area contributed by atoms with Gasteiger partial charge in [-0.25, -0.2) is 4.98 Å². The van der Waals surface area contributed by atoms with E-state index in [1.807, 2.05) is 29.2 Å². The maximum atomic E-state index is 12.7. The molecular weight excluding hydrogens is 430 g/mol. The van der Waals surface area contributed by atoms with E-state index in [0.717, 1.165) is 24.5 Å². The van der Waals surface area contributed by atoms with E-state index in [2.05, 4.69) is 20.2 Å². The number of anilines is 2. The van der Waals surface area contributed by atoms with Gasteiger partial charge in [0.1, 0.15) is 11.3 Å². The Labute approximate surface area is 188 Å². The minimum absolute atomic E-state index is 0.00191. The molecule has 3 heterocycles. The van der Waals surface area contributed by atoms with Gasteiger partial charge in [-0.3, -0.25) is 19.7 Å². The number of aromatic nitrogens is 2. The van der Waals surface area contributed by atoms with Gasteiger partial charge in [0.05, 0.1) is 19.2 Å². The van der Waals surface area contributed by atoms with Gasteiger partial charge in [0, 0.05) is 43.4 Å². The quantitative estimate of drug-likeness (QED) is 0.591. The number of benzene rings is 1. The zero-order valence-electron chi connectivity index (χ0n) is 17.5. The first-order valence-corrected chi connectivity index (χ1v) is 11.0. The first-order chi connectivity index (χ1) is 15.5. The van der Waals surface area contributed by atoms with Crippen LogP contribution in [0.4, 0.5) is 10.8 Å². The van der Waals surface area contributed by atoms with Crippen LogP contribution in [0.25, 0.3) is 0 Å². The van der Waals surface area contributed by atoms with E-state index < -0.39 is 11.5 Å². The van der Waals surface area contributed by atoms with E-state index in [1.165, 1.54) is 23.6 Å². The van der Waals surface area contributed by atoms with Crippen LogP contribution >= 0.6 is 11.3 Å². The highest BCUT2D eigenvalue weighted by atomic mass is 32.1. The molecule has 0 unspecified atom stereocenters. The zero-order valence-corrected chi connectivity index (χ0v) is 18.4. The Bertz CT molecular complexity index is 1150. The molecule has 9 nitrogen and oxygen atoms in total. The number of hydrogen-bond donors (Lipinski definition) is 2. The number of piperazine rings is 1. The van der Waals surface area contributed by atoms with Crippen LogP contribution in [0.5, 0.6) is 5.75 Å². The Hall–Kier alpha value is -3.66. The maximum absolute atomic E-state index is 12.7. The molecule has 1 aliphatic rings. The van der Waals surface area contributed by atoms with E-state index in [0.29, 0.717) is 23.9 Å². The molecule has 0 spiro atoms. The molecule has 10 heteroatoms. The summed E-state index contributed by atoms with van der Waals surface area (Å²) in [6.45, 7) is 2.77. The molecule has 0 radical (unpaired) electrons. The van der Waals surface area contributed by atoms with E-state index in [-0.39, 0.29) is 17.9 Å². The lowest BCUT2D eigenvalue weighted by Gasteiger charge is -2.36. The summed E-state index contributed by atoms with van der Waals surface area (Å²) in [6, 6.07) is 10.9. The number of thiazole rings is 1. The van der Waals surface area contributed by atoms with E-state index in [1.54, 1.807) is 18.6 Å². The van der Waals surface area contributed by atoms with E-state index in [4.69, 9.17) is 4.74 Å². The summed E-state index contributed by atoms with van der Waals surface area (Å²) in [7, 11) is 1.64. The summed E-state index contributed by atoms with van der Waals surface area (Å²) in [4.78, 5) is 47.5.